The van der Waals surface area contributed by atoms with E-state index in [1.54, 1.807) is 0 Å². The molecule has 0 amide bonds. The SMILES string of the molecule is CCNCC(C)(CC)CN1CCCCc2ccccc21. The van der Waals surface area contributed by atoms with Gasteiger partial charge >= 0.3 is 0 Å². The Kier molecular flexibility index (Phi) is 5.47. The van der Waals surface area contributed by atoms with Gasteiger partial charge in [-0.25, -0.2) is 0 Å². The molecule has 0 aliphatic carbocycles. The van der Waals surface area contributed by atoms with Gasteiger partial charge in [-0.15, -0.1) is 0 Å². The van der Waals surface area contributed by atoms with Crippen LogP contribution >= 0.6 is 0 Å². The predicted molar refractivity (Wildman–Crippen MR) is 88.5 cm³/mol. The zero-order valence-electron chi connectivity index (χ0n) is 13.4. The summed E-state index contributed by atoms with van der Waals surface area (Å²) in [4.78, 5) is 2.63. The van der Waals surface area contributed by atoms with Crippen molar-refractivity contribution in [2.45, 2.75) is 46.5 Å². The fourth-order valence-corrected chi connectivity index (χ4v) is 3.11. The molecule has 0 radical (unpaired) electrons. The van der Waals surface area contributed by atoms with Crippen molar-refractivity contribution in [3.05, 3.63) is 29.8 Å². The molecule has 0 saturated carbocycles. The molecule has 1 aliphatic heterocycles. The van der Waals surface area contributed by atoms with E-state index in [9.17, 15) is 0 Å². The fourth-order valence-electron chi connectivity index (χ4n) is 3.11. The molecule has 0 aromatic heterocycles. The van der Waals surface area contributed by atoms with Crippen LogP contribution in [0.15, 0.2) is 24.3 Å². The highest BCUT2D eigenvalue weighted by Crippen LogP contribution is 2.30. The molecule has 0 spiro atoms. The second-order valence-corrected chi connectivity index (χ2v) is 6.45. The molecule has 1 atom stereocenters. The summed E-state index contributed by atoms with van der Waals surface area (Å²) in [6, 6.07) is 8.98. The quantitative estimate of drug-likeness (QED) is 0.847. The number of aryl methyl sites for hydroxylation is 1. The van der Waals surface area contributed by atoms with Gasteiger partial charge in [0.15, 0.2) is 0 Å². The van der Waals surface area contributed by atoms with Crippen LogP contribution in [0.4, 0.5) is 5.69 Å². The van der Waals surface area contributed by atoms with Gasteiger partial charge in [-0.05, 0) is 49.3 Å². The number of para-hydroxylation sites is 1. The Morgan fingerprint density at radius 1 is 1.20 bits per heavy atom. The summed E-state index contributed by atoms with van der Waals surface area (Å²) in [5, 5.41) is 3.54. The molecule has 0 bridgehead atoms. The highest BCUT2D eigenvalue weighted by atomic mass is 15.1. The van der Waals surface area contributed by atoms with Crippen molar-refractivity contribution < 1.29 is 0 Å². The summed E-state index contributed by atoms with van der Waals surface area (Å²) in [7, 11) is 0. The van der Waals surface area contributed by atoms with Crippen LogP contribution < -0.4 is 10.2 Å². The lowest BCUT2D eigenvalue weighted by atomic mass is 9.86. The van der Waals surface area contributed by atoms with Crippen LogP contribution in [0.5, 0.6) is 0 Å². The van der Waals surface area contributed by atoms with Crippen molar-refractivity contribution in [1.29, 1.82) is 0 Å². The predicted octanol–water partition coefficient (Wildman–Crippen LogP) is 3.86. The van der Waals surface area contributed by atoms with Crippen LogP contribution in [0.2, 0.25) is 0 Å². The summed E-state index contributed by atoms with van der Waals surface area (Å²) in [5.41, 5.74) is 3.36. The maximum absolute atomic E-state index is 3.54. The van der Waals surface area contributed by atoms with E-state index in [1.165, 1.54) is 43.5 Å². The standard InChI is InChI=1S/C18H30N2/c1-4-18(3,14-19-5-2)15-20-13-9-8-11-16-10-6-7-12-17(16)20/h6-7,10,12,19H,4-5,8-9,11,13-15H2,1-3H3. The number of hydrogen-bond donors (Lipinski definition) is 1. The van der Waals surface area contributed by atoms with E-state index in [0.29, 0.717) is 5.41 Å². The Hall–Kier alpha value is -1.02. The van der Waals surface area contributed by atoms with Crippen molar-refractivity contribution in [3.8, 4) is 0 Å². The number of rotatable bonds is 6. The number of anilines is 1. The Morgan fingerprint density at radius 2 is 2.00 bits per heavy atom. The van der Waals surface area contributed by atoms with Crippen LogP contribution in [0, 0.1) is 5.41 Å². The van der Waals surface area contributed by atoms with Gasteiger partial charge < -0.3 is 10.2 Å². The molecule has 2 rings (SSSR count). The Morgan fingerprint density at radius 3 is 2.75 bits per heavy atom. The van der Waals surface area contributed by atoms with E-state index in [1.807, 2.05) is 0 Å². The topological polar surface area (TPSA) is 15.3 Å². The van der Waals surface area contributed by atoms with Crippen molar-refractivity contribution in [1.82, 2.24) is 5.32 Å². The fraction of sp³-hybridized carbons (Fsp3) is 0.667. The van der Waals surface area contributed by atoms with Gasteiger partial charge in [0.05, 0.1) is 0 Å². The third-order valence-electron chi connectivity index (χ3n) is 4.68. The first kappa shape index (κ1) is 15.4. The number of hydrogen-bond acceptors (Lipinski definition) is 2. The van der Waals surface area contributed by atoms with E-state index in [2.05, 4.69) is 55.3 Å². The highest BCUT2D eigenvalue weighted by Gasteiger charge is 2.26. The van der Waals surface area contributed by atoms with E-state index in [4.69, 9.17) is 0 Å². The Bertz CT molecular complexity index is 416. The minimum Gasteiger partial charge on any atom is -0.371 e. The van der Waals surface area contributed by atoms with Crippen molar-refractivity contribution in [2.24, 2.45) is 5.41 Å². The van der Waals surface area contributed by atoms with Gasteiger partial charge in [0, 0.05) is 25.3 Å². The number of nitrogens with zero attached hydrogens (tertiary/aromatic N) is 1. The first-order valence-corrected chi connectivity index (χ1v) is 8.22. The first-order valence-electron chi connectivity index (χ1n) is 8.22. The summed E-state index contributed by atoms with van der Waals surface area (Å²) < 4.78 is 0. The molecule has 1 aromatic carbocycles. The van der Waals surface area contributed by atoms with Crippen LogP contribution in [0.25, 0.3) is 0 Å². The van der Waals surface area contributed by atoms with Crippen LogP contribution in [-0.2, 0) is 6.42 Å². The molecule has 0 fully saturated rings. The van der Waals surface area contributed by atoms with Crippen LogP contribution in [0.1, 0.15) is 45.6 Å². The van der Waals surface area contributed by atoms with Crippen molar-refractivity contribution >= 4 is 5.69 Å². The van der Waals surface area contributed by atoms with Gasteiger partial charge in [0.25, 0.3) is 0 Å². The van der Waals surface area contributed by atoms with Gasteiger partial charge in [-0.1, -0.05) is 39.0 Å². The molecule has 1 aliphatic rings. The van der Waals surface area contributed by atoms with Gasteiger partial charge in [-0.2, -0.15) is 0 Å². The maximum Gasteiger partial charge on any atom is 0.0398 e. The average Bonchev–Trinajstić information content (AvgIpc) is 2.68. The monoisotopic (exact) mass is 274 g/mol. The van der Waals surface area contributed by atoms with Gasteiger partial charge in [-0.3, -0.25) is 0 Å². The van der Waals surface area contributed by atoms with Gasteiger partial charge in [0.1, 0.15) is 0 Å². The molecule has 1 N–H and O–H groups in total. The van der Waals surface area contributed by atoms with E-state index in [-0.39, 0.29) is 0 Å². The zero-order valence-corrected chi connectivity index (χ0v) is 13.4. The minimum absolute atomic E-state index is 0.355. The molecule has 1 aromatic rings. The summed E-state index contributed by atoms with van der Waals surface area (Å²) >= 11 is 0. The largest absolute Gasteiger partial charge is 0.371 e. The average molecular weight is 274 g/mol. The van der Waals surface area contributed by atoms with E-state index >= 15 is 0 Å². The second-order valence-electron chi connectivity index (χ2n) is 6.45. The molecule has 1 heterocycles. The molecule has 112 valence electrons. The molecule has 2 heteroatoms. The molecule has 2 nitrogen and oxygen atoms in total. The van der Waals surface area contributed by atoms with Crippen molar-refractivity contribution in [2.75, 3.05) is 31.1 Å². The van der Waals surface area contributed by atoms with Crippen molar-refractivity contribution in [3.63, 3.8) is 0 Å². The first-order chi connectivity index (χ1) is 9.68. The number of benzene rings is 1. The lowest BCUT2D eigenvalue weighted by Gasteiger charge is -2.36. The van der Waals surface area contributed by atoms with Crippen LogP contribution in [0.3, 0.4) is 0 Å². The number of nitrogens with one attached hydrogen (secondary N) is 1. The second kappa shape index (κ2) is 7.12. The smallest absolute Gasteiger partial charge is 0.0398 e. The molecular weight excluding hydrogens is 244 g/mol. The third kappa shape index (κ3) is 3.76. The van der Waals surface area contributed by atoms with E-state index < -0.39 is 0 Å². The van der Waals surface area contributed by atoms with Crippen LogP contribution in [-0.4, -0.2) is 26.2 Å². The van der Waals surface area contributed by atoms with Gasteiger partial charge in [0.2, 0.25) is 0 Å². The maximum atomic E-state index is 3.54. The normalized spacial score (nSPS) is 18.2. The minimum atomic E-state index is 0.355. The highest BCUT2D eigenvalue weighted by molar-refractivity contribution is 5.54. The summed E-state index contributed by atoms with van der Waals surface area (Å²) in [5.74, 6) is 0. The Labute approximate surface area is 124 Å². The number of fused-ring (bicyclic) bond motifs is 1. The summed E-state index contributed by atoms with van der Waals surface area (Å²) in [6.45, 7) is 11.5. The Balaban J connectivity index is 2.15. The molecular formula is C18H30N2. The molecule has 20 heavy (non-hydrogen) atoms. The van der Waals surface area contributed by atoms with E-state index in [0.717, 1.165) is 19.6 Å². The third-order valence-corrected chi connectivity index (χ3v) is 4.68. The summed E-state index contributed by atoms with van der Waals surface area (Å²) in [6.07, 6.45) is 5.10. The molecule has 0 saturated heterocycles. The molecule has 1 unspecified atom stereocenters. The lowest BCUT2D eigenvalue weighted by molar-refractivity contribution is 0.297. The zero-order chi connectivity index (χ0) is 14.4. The lowest BCUT2D eigenvalue weighted by Crippen LogP contribution is -2.42.